The zero-order chi connectivity index (χ0) is 29.1. The minimum absolute atomic E-state index is 0.197. The summed E-state index contributed by atoms with van der Waals surface area (Å²) in [4.78, 5) is 24.3. The predicted molar refractivity (Wildman–Crippen MR) is 160 cm³/mol. The molecule has 0 saturated heterocycles. The third-order valence-corrected chi connectivity index (χ3v) is 6.86. The van der Waals surface area contributed by atoms with E-state index in [9.17, 15) is 4.79 Å². The lowest BCUT2D eigenvalue weighted by Crippen LogP contribution is -2.17. The Morgan fingerprint density at radius 1 is 1.12 bits per heavy atom. The summed E-state index contributed by atoms with van der Waals surface area (Å²) in [5.41, 5.74) is 15.2. The number of hydrogen-bond donors (Lipinski definition) is 4. The fourth-order valence-electron chi connectivity index (χ4n) is 4.75. The molecule has 2 heterocycles. The van der Waals surface area contributed by atoms with Crippen LogP contribution in [0, 0.1) is 11.7 Å². The van der Waals surface area contributed by atoms with E-state index in [4.69, 9.17) is 21.2 Å². The lowest BCUT2D eigenvalue weighted by molar-refractivity contribution is 0.100. The highest BCUT2D eigenvalue weighted by Gasteiger charge is 2.26. The first-order valence-electron chi connectivity index (χ1n) is 13.6. The van der Waals surface area contributed by atoms with Gasteiger partial charge in [-0.25, -0.2) is 14.4 Å². The number of rotatable bonds is 10. The lowest BCUT2D eigenvalue weighted by Gasteiger charge is -2.22. The summed E-state index contributed by atoms with van der Waals surface area (Å²) in [6.07, 6.45) is 4.03. The number of ether oxygens (including phenoxy) is 1. The van der Waals surface area contributed by atoms with Gasteiger partial charge in [0.25, 0.3) is 0 Å². The maximum Gasteiger partial charge on any atom is 0.249 e. The van der Waals surface area contributed by atoms with Crippen molar-refractivity contribution in [2.24, 2.45) is 11.7 Å². The summed E-state index contributed by atoms with van der Waals surface area (Å²) >= 11 is 0. The van der Waals surface area contributed by atoms with Gasteiger partial charge in [-0.15, -0.1) is 0 Å². The van der Waals surface area contributed by atoms with Crippen LogP contribution in [0.15, 0.2) is 73.1 Å². The smallest absolute Gasteiger partial charge is 0.249 e. The maximum absolute atomic E-state index is 16.2. The number of aromatic amines is 1. The number of nitrogens with one attached hydrogen (secondary N) is 2. The highest BCUT2D eigenvalue weighted by atomic mass is 19.1. The zero-order valence-electron chi connectivity index (χ0n) is 23.2. The van der Waals surface area contributed by atoms with Crippen molar-refractivity contribution in [2.75, 3.05) is 17.7 Å². The third kappa shape index (κ3) is 5.84. The molecule has 0 aliphatic rings. The molecule has 0 bridgehead atoms. The molecule has 2 aromatic heterocycles. The second-order valence-electron chi connectivity index (χ2n) is 10.3. The molecule has 0 aliphatic heterocycles. The summed E-state index contributed by atoms with van der Waals surface area (Å²) < 4.78 is 22.1. The SMILES string of the molecule is CCc1cc(OCC(C)C)c(F)c(C(Nc2ccc3c(N)nccc3c2)c2nc(-c3ccccc3C(N)=O)c[nH]2)c1. The normalized spacial score (nSPS) is 12.0. The van der Waals surface area contributed by atoms with Crippen molar-refractivity contribution in [3.63, 3.8) is 0 Å². The van der Waals surface area contributed by atoms with Crippen LogP contribution >= 0.6 is 0 Å². The van der Waals surface area contributed by atoms with E-state index in [1.54, 1.807) is 36.7 Å². The van der Waals surface area contributed by atoms with Crippen LogP contribution in [0.1, 0.15) is 54.1 Å². The second kappa shape index (κ2) is 11.7. The molecular formula is C32H33FN6O2. The van der Waals surface area contributed by atoms with Gasteiger partial charge in [-0.2, -0.15) is 0 Å². The molecule has 1 amide bonds. The van der Waals surface area contributed by atoms with Gasteiger partial charge in [-0.3, -0.25) is 4.79 Å². The molecule has 3 aromatic carbocycles. The average Bonchev–Trinajstić information content (AvgIpc) is 3.45. The van der Waals surface area contributed by atoms with E-state index in [2.05, 4.69) is 15.3 Å². The number of nitrogens with two attached hydrogens (primary N) is 2. The highest BCUT2D eigenvalue weighted by molar-refractivity contribution is 5.99. The van der Waals surface area contributed by atoms with Gasteiger partial charge < -0.3 is 26.5 Å². The molecule has 1 atom stereocenters. The quantitative estimate of drug-likeness (QED) is 0.162. The summed E-state index contributed by atoms with van der Waals surface area (Å²) in [7, 11) is 0. The van der Waals surface area contributed by atoms with Crippen LogP contribution in [-0.2, 0) is 6.42 Å². The van der Waals surface area contributed by atoms with Gasteiger partial charge in [0, 0.05) is 40.2 Å². The van der Waals surface area contributed by atoms with Crippen molar-refractivity contribution in [3.8, 4) is 17.0 Å². The number of primary amides is 1. The van der Waals surface area contributed by atoms with Gasteiger partial charge in [0.15, 0.2) is 11.6 Å². The molecule has 0 radical (unpaired) electrons. The van der Waals surface area contributed by atoms with Gasteiger partial charge >= 0.3 is 0 Å². The fourth-order valence-corrected chi connectivity index (χ4v) is 4.75. The van der Waals surface area contributed by atoms with E-state index in [1.807, 2.05) is 57.2 Å². The summed E-state index contributed by atoms with van der Waals surface area (Å²) in [5, 5.41) is 5.18. The predicted octanol–water partition coefficient (Wildman–Crippen LogP) is 6.24. The number of carbonyl (C=O) groups excluding carboxylic acids is 1. The Hall–Kier alpha value is -4.92. The summed E-state index contributed by atoms with van der Waals surface area (Å²) in [5.74, 6) is 0.291. The van der Waals surface area contributed by atoms with Gasteiger partial charge in [-0.1, -0.05) is 45.0 Å². The molecule has 0 spiro atoms. The molecule has 9 heteroatoms. The number of halogens is 1. The van der Waals surface area contributed by atoms with Gasteiger partial charge in [0.05, 0.1) is 12.3 Å². The number of amides is 1. The first kappa shape index (κ1) is 27.6. The molecule has 0 fully saturated rings. The molecule has 5 rings (SSSR count). The molecule has 0 saturated carbocycles. The van der Waals surface area contributed by atoms with Crippen LogP contribution in [0.4, 0.5) is 15.9 Å². The van der Waals surface area contributed by atoms with Crippen molar-refractivity contribution in [2.45, 2.75) is 33.2 Å². The third-order valence-electron chi connectivity index (χ3n) is 6.86. The highest BCUT2D eigenvalue weighted by Crippen LogP contribution is 2.35. The number of pyridine rings is 1. The van der Waals surface area contributed by atoms with Crippen molar-refractivity contribution in [1.82, 2.24) is 15.0 Å². The van der Waals surface area contributed by atoms with Gasteiger partial charge in [0.2, 0.25) is 5.91 Å². The molecule has 0 aliphatic carbocycles. The lowest BCUT2D eigenvalue weighted by atomic mass is 9.99. The van der Waals surface area contributed by atoms with E-state index in [1.165, 1.54) is 0 Å². The van der Waals surface area contributed by atoms with Crippen molar-refractivity contribution < 1.29 is 13.9 Å². The number of carbonyl (C=O) groups is 1. The zero-order valence-corrected chi connectivity index (χ0v) is 23.2. The van der Waals surface area contributed by atoms with Crippen molar-refractivity contribution in [3.05, 3.63) is 101 Å². The molecule has 41 heavy (non-hydrogen) atoms. The number of fused-ring (bicyclic) bond motifs is 1. The Balaban J connectivity index is 1.63. The number of anilines is 2. The Kier molecular flexibility index (Phi) is 7.87. The maximum atomic E-state index is 16.2. The number of hydrogen-bond acceptors (Lipinski definition) is 6. The Labute approximate surface area is 238 Å². The Bertz CT molecular complexity index is 1710. The van der Waals surface area contributed by atoms with Crippen LogP contribution in [0.2, 0.25) is 0 Å². The molecule has 210 valence electrons. The van der Waals surface area contributed by atoms with Crippen LogP contribution in [0.25, 0.3) is 22.0 Å². The number of aryl methyl sites for hydroxylation is 1. The molecule has 5 aromatic rings. The van der Waals surface area contributed by atoms with E-state index in [0.717, 1.165) is 22.0 Å². The molecular weight excluding hydrogens is 519 g/mol. The minimum atomic E-state index is -0.728. The first-order valence-corrected chi connectivity index (χ1v) is 13.6. The summed E-state index contributed by atoms with van der Waals surface area (Å²) in [6, 6.07) is 17.4. The van der Waals surface area contributed by atoms with E-state index < -0.39 is 17.8 Å². The number of nitrogen functional groups attached to an aromatic ring is 1. The molecule has 1 unspecified atom stereocenters. The summed E-state index contributed by atoms with van der Waals surface area (Å²) in [6.45, 7) is 6.43. The van der Waals surface area contributed by atoms with Crippen LogP contribution in [0.3, 0.4) is 0 Å². The average molecular weight is 553 g/mol. The number of aromatic nitrogens is 3. The monoisotopic (exact) mass is 552 g/mol. The fraction of sp³-hybridized carbons (Fsp3) is 0.219. The van der Waals surface area contributed by atoms with E-state index in [0.29, 0.717) is 47.1 Å². The van der Waals surface area contributed by atoms with Crippen molar-refractivity contribution in [1.29, 1.82) is 0 Å². The molecule has 6 N–H and O–H groups in total. The van der Waals surface area contributed by atoms with Gasteiger partial charge in [-0.05, 0) is 59.7 Å². The Morgan fingerprint density at radius 2 is 1.93 bits per heavy atom. The second-order valence-corrected chi connectivity index (χ2v) is 10.3. The van der Waals surface area contributed by atoms with Crippen LogP contribution in [0.5, 0.6) is 5.75 Å². The number of imidazole rings is 1. The van der Waals surface area contributed by atoms with Crippen LogP contribution in [-0.4, -0.2) is 27.5 Å². The topological polar surface area (TPSA) is 132 Å². The van der Waals surface area contributed by atoms with E-state index in [-0.39, 0.29) is 11.7 Å². The van der Waals surface area contributed by atoms with E-state index >= 15 is 4.39 Å². The Morgan fingerprint density at radius 3 is 2.68 bits per heavy atom. The largest absolute Gasteiger partial charge is 0.490 e. The number of benzene rings is 3. The van der Waals surface area contributed by atoms with Gasteiger partial charge in [0.1, 0.15) is 17.7 Å². The number of nitrogens with zero attached hydrogens (tertiary/aromatic N) is 2. The minimum Gasteiger partial charge on any atom is -0.490 e. The number of H-pyrrole nitrogens is 1. The van der Waals surface area contributed by atoms with Crippen LogP contribution < -0.4 is 21.5 Å². The first-order chi connectivity index (χ1) is 19.7. The molecule has 8 nitrogen and oxygen atoms in total. The van der Waals surface area contributed by atoms with Crippen molar-refractivity contribution >= 4 is 28.2 Å². The standard InChI is InChI=1S/C32H33FN6O2/c1-4-19-13-25(28(33)27(14-19)41-17-18(2)3)29(38-21-9-10-22-20(15-21)11-12-36-30(22)34)32-37-16-26(39-32)23-7-5-6-8-24(23)31(35)40/h5-16,18,29,38H,4,17H2,1-3H3,(H2,34,36)(H2,35,40)(H,37,39).